The van der Waals surface area contributed by atoms with Crippen LogP contribution in [0.4, 0.5) is 5.88 Å². The van der Waals surface area contributed by atoms with Crippen molar-refractivity contribution >= 4 is 28.3 Å². The predicted molar refractivity (Wildman–Crippen MR) is 98.7 cm³/mol. The highest BCUT2D eigenvalue weighted by atomic mass is 16.6. The normalized spacial score (nSPS) is 14.3. The van der Waals surface area contributed by atoms with Gasteiger partial charge < -0.3 is 19.0 Å². The third-order valence-electron chi connectivity index (χ3n) is 4.71. The van der Waals surface area contributed by atoms with Crippen molar-refractivity contribution < 1.29 is 18.9 Å². The van der Waals surface area contributed by atoms with E-state index in [0.29, 0.717) is 19.5 Å². The fraction of sp³-hybridized carbons (Fsp3) is 0.211. The second-order valence-electron chi connectivity index (χ2n) is 6.24. The maximum absolute atomic E-state index is 12.5. The summed E-state index contributed by atoms with van der Waals surface area (Å²) in [7, 11) is 1.63. The Bertz CT molecular complexity index is 1060. The summed E-state index contributed by atoms with van der Waals surface area (Å²) in [4.78, 5) is 27.4. The molecule has 0 radical (unpaired) electrons. The molecule has 0 bridgehead atoms. The van der Waals surface area contributed by atoms with Gasteiger partial charge in [0.05, 0.1) is 13.2 Å². The number of benzene rings is 1. The number of nitrogens with zero attached hydrogens (tertiary/aromatic N) is 2. The Morgan fingerprint density at radius 1 is 1.33 bits per heavy atom. The molecule has 1 aromatic carbocycles. The van der Waals surface area contributed by atoms with Crippen LogP contribution in [0.2, 0.25) is 0 Å². The van der Waals surface area contributed by atoms with E-state index in [-0.39, 0.29) is 11.7 Å². The topological polar surface area (TPSA) is 102 Å². The summed E-state index contributed by atoms with van der Waals surface area (Å²) in [6.45, 7) is 0.926. The van der Waals surface area contributed by atoms with Crippen molar-refractivity contribution in [1.82, 2.24) is 9.88 Å². The van der Waals surface area contributed by atoms with Crippen LogP contribution in [-0.2, 0) is 0 Å². The van der Waals surface area contributed by atoms with E-state index in [4.69, 9.17) is 9.15 Å². The van der Waals surface area contributed by atoms with Crippen molar-refractivity contribution in [2.24, 2.45) is 0 Å². The minimum absolute atomic E-state index is 0.0182. The number of fused-ring (bicyclic) bond motifs is 1. The van der Waals surface area contributed by atoms with Crippen molar-refractivity contribution in [3.63, 3.8) is 0 Å². The third kappa shape index (κ3) is 3.05. The van der Waals surface area contributed by atoms with E-state index < -0.39 is 10.8 Å². The molecule has 0 atom stereocenters. The zero-order valence-electron chi connectivity index (χ0n) is 14.6. The summed E-state index contributed by atoms with van der Waals surface area (Å²) < 4.78 is 10.3. The number of rotatable bonds is 4. The van der Waals surface area contributed by atoms with Crippen LogP contribution in [0.1, 0.15) is 22.5 Å². The van der Waals surface area contributed by atoms with E-state index in [1.54, 1.807) is 12.0 Å². The molecule has 0 fully saturated rings. The Kier molecular flexibility index (Phi) is 4.15. The molecular weight excluding hydrogens is 350 g/mol. The first-order chi connectivity index (χ1) is 13.1. The number of nitro groups is 1. The van der Waals surface area contributed by atoms with E-state index in [2.05, 4.69) is 4.98 Å². The number of ether oxygens (including phenoxy) is 1. The molecule has 0 unspecified atom stereocenters. The smallest absolute Gasteiger partial charge is 0.433 e. The van der Waals surface area contributed by atoms with E-state index in [0.717, 1.165) is 27.8 Å². The molecule has 0 saturated heterocycles. The lowest BCUT2D eigenvalue weighted by atomic mass is 9.98. The van der Waals surface area contributed by atoms with E-state index >= 15 is 0 Å². The number of carbonyl (C=O) groups excluding carboxylic acids is 1. The van der Waals surface area contributed by atoms with Crippen molar-refractivity contribution in [1.29, 1.82) is 0 Å². The number of H-pyrrole nitrogens is 1. The first kappa shape index (κ1) is 16.9. The molecule has 3 heterocycles. The molecule has 1 aliphatic rings. The SMILES string of the molecule is COc1ccc2[nH]cc(C3=CCN(C(=O)c4ccc([N+](=O)[O-])o4)CC3)c2c1. The van der Waals surface area contributed by atoms with Gasteiger partial charge in [0.1, 0.15) is 10.7 Å². The second kappa shape index (κ2) is 6.64. The van der Waals surface area contributed by atoms with Crippen LogP contribution in [0, 0.1) is 10.1 Å². The Morgan fingerprint density at radius 2 is 2.19 bits per heavy atom. The summed E-state index contributed by atoms with van der Waals surface area (Å²) in [5.74, 6) is -0.00955. The van der Waals surface area contributed by atoms with Gasteiger partial charge in [0.2, 0.25) is 0 Å². The average molecular weight is 367 g/mol. The first-order valence-electron chi connectivity index (χ1n) is 8.45. The molecule has 0 aliphatic carbocycles. The number of nitrogens with one attached hydrogen (secondary N) is 1. The first-order valence-corrected chi connectivity index (χ1v) is 8.45. The average Bonchev–Trinajstić information content (AvgIpc) is 3.34. The maximum atomic E-state index is 12.5. The zero-order chi connectivity index (χ0) is 19.0. The molecule has 8 nitrogen and oxygen atoms in total. The number of aromatic amines is 1. The third-order valence-corrected chi connectivity index (χ3v) is 4.71. The number of carbonyl (C=O) groups is 1. The Hall–Kier alpha value is -3.55. The number of hydrogen-bond donors (Lipinski definition) is 1. The van der Waals surface area contributed by atoms with E-state index in [1.165, 1.54) is 12.1 Å². The molecule has 8 heteroatoms. The van der Waals surface area contributed by atoms with E-state index in [9.17, 15) is 14.9 Å². The number of amides is 1. The summed E-state index contributed by atoms with van der Waals surface area (Å²) in [6.07, 6.45) is 4.64. The molecule has 1 N–H and O–H groups in total. The van der Waals surface area contributed by atoms with Crippen LogP contribution in [0.5, 0.6) is 5.75 Å². The van der Waals surface area contributed by atoms with E-state index in [1.807, 2.05) is 30.5 Å². The van der Waals surface area contributed by atoms with Gasteiger partial charge in [0.15, 0.2) is 5.76 Å². The molecule has 1 amide bonds. The van der Waals surface area contributed by atoms with Crippen LogP contribution in [0.15, 0.2) is 47.0 Å². The number of methoxy groups -OCH3 is 1. The van der Waals surface area contributed by atoms with Gasteiger partial charge in [-0.2, -0.15) is 0 Å². The predicted octanol–water partition coefficient (Wildman–Crippen LogP) is 3.61. The minimum atomic E-state index is -0.656. The second-order valence-corrected chi connectivity index (χ2v) is 6.24. The Labute approximate surface area is 154 Å². The number of aromatic nitrogens is 1. The van der Waals surface area contributed by atoms with Crippen LogP contribution < -0.4 is 4.74 Å². The van der Waals surface area contributed by atoms with Crippen LogP contribution in [-0.4, -0.2) is 40.9 Å². The Balaban J connectivity index is 1.54. The number of hydrogen-bond acceptors (Lipinski definition) is 5. The van der Waals surface area contributed by atoms with Crippen LogP contribution in [0.3, 0.4) is 0 Å². The Morgan fingerprint density at radius 3 is 2.85 bits per heavy atom. The molecular formula is C19H17N3O5. The zero-order valence-corrected chi connectivity index (χ0v) is 14.6. The monoisotopic (exact) mass is 367 g/mol. The molecule has 0 saturated carbocycles. The molecule has 0 spiro atoms. The highest BCUT2D eigenvalue weighted by Crippen LogP contribution is 2.32. The lowest BCUT2D eigenvalue weighted by molar-refractivity contribution is -0.402. The largest absolute Gasteiger partial charge is 0.497 e. The summed E-state index contributed by atoms with van der Waals surface area (Å²) in [5.41, 5.74) is 3.25. The molecule has 3 aromatic rings. The minimum Gasteiger partial charge on any atom is -0.497 e. The maximum Gasteiger partial charge on any atom is 0.433 e. The quantitative estimate of drug-likeness (QED) is 0.561. The van der Waals surface area contributed by atoms with Crippen molar-refractivity contribution in [3.8, 4) is 5.75 Å². The summed E-state index contributed by atoms with van der Waals surface area (Å²) >= 11 is 0. The van der Waals surface area contributed by atoms with Gasteiger partial charge >= 0.3 is 5.88 Å². The van der Waals surface area contributed by atoms with Crippen LogP contribution >= 0.6 is 0 Å². The van der Waals surface area contributed by atoms with Gasteiger partial charge in [0.25, 0.3) is 5.91 Å². The van der Waals surface area contributed by atoms with Gasteiger partial charge in [-0.15, -0.1) is 0 Å². The highest BCUT2D eigenvalue weighted by molar-refractivity contribution is 5.95. The van der Waals surface area contributed by atoms with Gasteiger partial charge in [0, 0.05) is 35.8 Å². The molecule has 4 rings (SSSR count). The molecule has 2 aromatic heterocycles. The van der Waals surface area contributed by atoms with Crippen molar-refractivity contribution in [2.45, 2.75) is 6.42 Å². The summed E-state index contributed by atoms with van der Waals surface area (Å²) in [5, 5.41) is 11.8. The fourth-order valence-corrected chi connectivity index (χ4v) is 3.29. The summed E-state index contributed by atoms with van der Waals surface area (Å²) in [6, 6.07) is 8.40. The fourth-order valence-electron chi connectivity index (χ4n) is 3.29. The van der Waals surface area contributed by atoms with Gasteiger partial charge in [-0.1, -0.05) is 6.08 Å². The van der Waals surface area contributed by atoms with Gasteiger partial charge in [-0.05, 0) is 36.3 Å². The van der Waals surface area contributed by atoms with Crippen molar-refractivity contribution in [2.75, 3.05) is 20.2 Å². The molecule has 138 valence electrons. The lowest BCUT2D eigenvalue weighted by Crippen LogP contribution is -2.34. The van der Waals surface area contributed by atoms with Gasteiger partial charge in [-0.3, -0.25) is 14.9 Å². The lowest BCUT2D eigenvalue weighted by Gasteiger charge is -2.25. The highest BCUT2D eigenvalue weighted by Gasteiger charge is 2.24. The molecule has 1 aliphatic heterocycles. The standard InChI is InChI=1S/C19H17N3O5/c1-26-13-2-3-16-14(10-13)15(11-20-16)12-6-8-21(9-7-12)19(23)17-4-5-18(27-17)22(24)25/h2-6,10-11,20H,7-9H2,1H3. The van der Waals surface area contributed by atoms with Gasteiger partial charge in [-0.25, -0.2) is 0 Å². The van der Waals surface area contributed by atoms with Crippen LogP contribution in [0.25, 0.3) is 16.5 Å². The van der Waals surface area contributed by atoms with Crippen molar-refractivity contribution in [3.05, 3.63) is 64.0 Å². The number of furan rings is 1. The molecule has 27 heavy (non-hydrogen) atoms.